The molecule has 7 heteroatoms. The van der Waals surface area contributed by atoms with Crippen molar-refractivity contribution in [2.45, 2.75) is 58.7 Å². The second-order valence-corrected chi connectivity index (χ2v) is 7.20. The van der Waals surface area contributed by atoms with E-state index < -0.39 is 0 Å². The average molecular weight is 474 g/mol. The van der Waals surface area contributed by atoms with Crippen molar-refractivity contribution in [3.63, 3.8) is 0 Å². The second-order valence-electron chi connectivity index (χ2n) is 7.20. The highest BCUT2D eigenvalue weighted by Crippen LogP contribution is 2.23. The summed E-state index contributed by atoms with van der Waals surface area (Å²) in [5.74, 6) is 1.74. The first-order valence-electron chi connectivity index (χ1n) is 8.96. The zero-order chi connectivity index (χ0) is 18.3. The first kappa shape index (κ1) is 22.5. The van der Waals surface area contributed by atoms with Crippen molar-refractivity contribution in [2.24, 2.45) is 4.99 Å². The summed E-state index contributed by atoms with van der Waals surface area (Å²) in [6, 6.07) is 8.19. The van der Waals surface area contributed by atoms with Crippen LogP contribution in [-0.4, -0.2) is 36.6 Å². The molecule has 1 aromatic rings. The zero-order valence-corrected chi connectivity index (χ0v) is 18.4. The number of nitrogens with one attached hydrogen (secondary N) is 3. The quantitative estimate of drug-likeness (QED) is 0.349. The van der Waals surface area contributed by atoms with Gasteiger partial charge in [-0.2, -0.15) is 0 Å². The summed E-state index contributed by atoms with van der Waals surface area (Å²) in [6.07, 6.45) is 1.37. The second kappa shape index (κ2) is 10.6. The number of hydrogen-bond donors (Lipinski definition) is 3. The minimum atomic E-state index is -0.247. The molecule has 1 aliphatic rings. The number of halogens is 1. The van der Waals surface area contributed by atoms with E-state index in [0.717, 1.165) is 30.2 Å². The van der Waals surface area contributed by atoms with Gasteiger partial charge in [0.05, 0.1) is 6.54 Å². The Hall–Kier alpha value is -1.51. The lowest BCUT2D eigenvalue weighted by molar-refractivity contribution is -0.122. The number of carbonyl (C=O) groups excluding carboxylic acids is 1. The number of piperidine rings is 1. The van der Waals surface area contributed by atoms with Gasteiger partial charge in [0.15, 0.2) is 5.96 Å². The molecule has 1 heterocycles. The molecule has 146 valence electrons. The van der Waals surface area contributed by atoms with Gasteiger partial charge < -0.3 is 20.7 Å². The molecule has 0 aromatic heterocycles. The van der Waals surface area contributed by atoms with Crippen LogP contribution in [0.5, 0.6) is 5.75 Å². The fourth-order valence-corrected chi connectivity index (χ4v) is 2.60. The number of hydrogen-bond acceptors (Lipinski definition) is 3. The molecule has 2 rings (SSSR count). The van der Waals surface area contributed by atoms with Gasteiger partial charge in [0.1, 0.15) is 11.4 Å². The molecule has 26 heavy (non-hydrogen) atoms. The van der Waals surface area contributed by atoms with Crippen molar-refractivity contribution in [3.05, 3.63) is 29.8 Å². The van der Waals surface area contributed by atoms with E-state index in [2.05, 4.69) is 20.9 Å². The lowest BCUT2D eigenvalue weighted by Gasteiger charge is -2.25. The molecule has 6 nitrogen and oxygen atoms in total. The number of carbonyl (C=O) groups is 1. The lowest BCUT2D eigenvalue weighted by atomic mass is 10.1. The van der Waals surface area contributed by atoms with Crippen LogP contribution in [0.2, 0.25) is 0 Å². The van der Waals surface area contributed by atoms with Crippen LogP contribution in [0.15, 0.2) is 29.3 Å². The summed E-state index contributed by atoms with van der Waals surface area (Å²) in [4.78, 5) is 16.0. The van der Waals surface area contributed by atoms with E-state index in [0.29, 0.717) is 19.5 Å². The lowest BCUT2D eigenvalue weighted by Crippen LogP contribution is -2.51. The summed E-state index contributed by atoms with van der Waals surface area (Å²) in [5.41, 5.74) is 0.801. The van der Waals surface area contributed by atoms with Crippen LogP contribution in [0.4, 0.5) is 0 Å². The maximum absolute atomic E-state index is 11.3. The maximum Gasteiger partial charge on any atom is 0.220 e. The highest BCUT2D eigenvalue weighted by molar-refractivity contribution is 14.0. The highest BCUT2D eigenvalue weighted by Gasteiger charge is 2.19. The summed E-state index contributed by atoms with van der Waals surface area (Å²) in [6.45, 7) is 10.1. The molecule has 3 N–H and O–H groups in total. The van der Waals surface area contributed by atoms with Crippen LogP contribution in [0.1, 0.15) is 46.1 Å². The van der Waals surface area contributed by atoms with Gasteiger partial charge >= 0.3 is 0 Å². The average Bonchev–Trinajstić information content (AvgIpc) is 2.55. The number of ether oxygens (including phenoxy) is 1. The fraction of sp³-hybridized carbons (Fsp3) is 0.579. The molecular formula is C19H31IN4O2. The third-order valence-corrected chi connectivity index (χ3v) is 3.75. The maximum atomic E-state index is 11.3. The number of rotatable bonds is 5. The minimum Gasteiger partial charge on any atom is -0.488 e. The molecule has 1 unspecified atom stereocenters. The summed E-state index contributed by atoms with van der Waals surface area (Å²) in [5, 5.41) is 9.55. The standard InChI is InChI=1S/C19H30N4O2.HI/c1-5-20-18(23-15-10-11-17(24)21-13-15)22-12-14-8-6-7-9-16(14)25-19(2,3)4;/h6-9,15H,5,10-13H2,1-4H3,(H,21,24)(H2,20,22,23);1H. The van der Waals surface area contributed by atoms with E-state index in [9.17, 15) is 4.79 Å². The third-order valence-electron chi connectivity index (χ3n) is 3.75. The summed E-state index contributed by atoms with van der Waals surface area (Å²) in [7, 11) is 0. The van der Waals surface area contributed by atoms with Gasteiger partial charge in [0.2, 0.25) is 5.91 Å². The smallest absolute Gasteiger partial charge is 0.220 e. The Bertz CT molecular complexity index is 604. The van der Waals surface area contributed by atoms with Crippen molar-refractivity contribution >= 4 is 35.8 Å². The SMILES string of the molecule is CCNC(=NCc1ccccc1OC(C)(C)C)NC1CCC(=O)NC1.I. The van der Waals surface area contributed by atoms with Gasteiger partial charge in [-0.15, -0.1) is 24.0 Å². The molecule has 1 amide bonds. The number of guanidine groups is 1. The number of aliphatic imine (C=N–C) groups is 1. The highest BCUT2D eigenvalue weighted by atomic mass is 127. The first-order valence-corrected chi connectivity index (χ1v) is 8.96. The summed E-state index contributed by atoms with van der Waals surface area (Å²) < 4.78 is 6.03. The Morgan fingerprint density at radius 1 is 1.35 bits per heavy atom. The van der Waals surface area contributed by atoms with E-state index in [4.69, 9.17) is 4.74 Å². The van der Waals surface area contributed by atoms with E-state index in [1.165, 1.54) is 0 Å². The van der Waals surface area contributed by atoms with Crippen molar-refractivity contribution in [1.82, 2.24) is 16.0 Å². The van der Waals surface area contributed by atoms with Gasteiger partial charge in [-0.1, -0.05) is 18.2 Å². The predicted molar refractivity (Wildman–Crippen MR) is 116 cm³/mol. The van der Waals surface area contributed by atoms with E-state index in [1.54, 1.807) is 0 Å². The fourth-order valence-electron chi connectivity index (χ4n) is 2.60. The molecule has 1 atom stereocenters. The monoisotopic (exact) mass is 474 g/mol. The number of nitrogens with zero attached hydrogens (tertiary/aromatic N) is 1. The number of para-hydroxylation sites is 1. The molecule has 1 saturated heterocycles. The molecular weight excluding hydrogens is 443 g/mol. The molecule has 0 saturated carbocycles. The van der Waals surface area contributed by atoms with Crippen LogP contribution in [0, 0.1) is 0 Å². The Morgan fingerprint density at radius 3 is 2.69 bits per heavy atom. The Kier molecular flexibility index (Phi) is 9.18. The predicted octanol–water partition coefficient (Wildman–Crippen LogP) is 2.82. The van der Waals surface area contributed by atoms with Crippen LogP contribution >= 0.6 is 24.0 Å². The third kappa shape index (κ3) is 7.80. The topological polar surface area (TPSA) is 74.8 Å². The molecule has 1 fully saturated rings. The Balaban J connectivity index is 0.00000338. The van der Waals surface area contributed by atoms with Gasteiger partial charge in [-0.05, 0) is 40.2 Å². The van der Waals surface area contributed by atoms with Gasteiger partial charge in [0, 0.05) is 31.1 Å². The first-order chi connectivity index (χ1) is 11.9. The molecule has 1 aliphatic heterocycles. The van der Waals surface area contributed by atoms with Crippen molar-refractivity contribution < 1.29 is 9.53 Å². The Morgan fingerprint density at radius 2 is 2.08 bits per heavy atom. The molecule has 0 spiro atoms. The van der Waals surface area contributed by atoms with Crippen LogP contribution < -0.4 is 20.7 Å². The van der Waals surface area contributed by atoms with Gasteiger partial charge in [-0.25, -0.2) is 4.99 Å². The van der Waals surface area contributed by atoms with Gasteiger partial charge in [0.25, 0.3) is 0 Å². The van der Waals surface area contributed by atoms with Crippen LogP contribution in [0.25, 0.3) is 0 Å². The largest absolute Gasteiger partial charge is 0.488 e. The van der Waals surface area contributed by atoms with E-state index in [1.807, 2.05) is 52.0 Å². The molecule has 1 aromatic carbocycles. The van der Waals surface area contributed by atoms with E-state index in [-0.39, 0.29) is 41.5 Å². The zero-order valence-electron chi connectivity index (χ0n) is 16.1. The van der Waals surface area contributed by atoms with Gasteiger partial charge in [-0.3, -0.25) is 4.79 Å². The van der Waals surface area contributed by atoms with Crippen LogP contribution in [0.3, 0.4) is 0 Å². The van der Waals surface area contributed by atoms with Crippen molar-refractivity contribution in [3.8, 4) is 5.75 Å². The molecule has 0 radical (unpaired) electrons. The Labute approximate surface area is 173 Å². The van der Waals surface area contributed by atoms with Crippen molar-refractivity contribution in [2.75, 3.05) is 13.1 Å². The normalized spacial score (nSPS) is 17.8. The number of benzene rings is 1. The minimum absolute atomic E-state index is 0. The number of amides is 1. The molecule has 0 aliphatic carbocycles. The summed E-state index contributed by atoms with van der Waals surface area (Å²) >= 11 is 0. The van der Waals surface area contributed by atoms with Crippen molar-refractivity contribution in [1.29, 1.82) is 0 Å². The molecule has 0 bridgehead atoms. The van der Waals surface area contributed by atoms with Crippen LogP contribution in [-0.2, 0) is 11.3 Å². The van der Waals surface area contributed by atoms with E-state index >= 15 is 0 Å².